The third-order valence-electron chi connectivity index (χ3n) is 3.13. The zero-order valence-corrected chi connectivity index (χ0v) is 11.0. The van der Waals surface area contributed by atoms with Crippen molar-refractivity contribution in [2.45, 2.75) is 38.3 Å². The van der Waals surface area contributed by atoms with Crippen molar-refractivity contribution in [3.63, 3.8) is 0 Å². The molecule has 0 amide bonds. The highest BCUT2D eigenvalue weighted by atomic mass is 19.2. The standard InChI is InChI=1S/C13H20F2N2O/c1-13(2,18-3)7-6-12(17-16)9-4-5-10(14)11(15)8-9/h4-5,8,12,17H,6-7,16H2,1-3H3. The number of methoxy groups -OCH3 is 1. The Bertz CT molecular complexity index is 397. The van der Waals surface area contributed by atoms with E-state index < -0.39 is 11.6 Å². The van der Waals surface area contributed by atoms with E-state index in [1.54, 1.807) is 7.11 Å². The average molecular weight is 258 g/mol. The number of nitrogens with two attached hydrogens (primary N) is 1. The van der Waals surface area contributed by atoms with Gasteiger partial charge in [-0.1, -0.05) is 6.07 Å². The lowest BCUT2D eigenvalue weighted by molar-refractivity contribution is 0.0116. The minimum atomic E-state index is -0.862. The van der Waals surface area contributed by atoms with Crippen molar-refractivity contribution in [3.8, 4) is 0 Å². The van der Waals surface area contributed by atoms with Crippen LogP contribution in [0.25, 0.3) is 0 Å². The zero-order chi connectivity index (χ0) is 13.8. The molecule has 0 saturated carbocycles. The van der Waals surface area contributed by atoms with E-state index in [4.69, 9.17) is 10.6 Å². The number of hydrazine groups is 1. The van der Waals surface area contributed by atoms with Gasteiger partial charge in [-0.05, 0) is 44.4 Å². The molecule has 1 rings (SSSR count). The van der Waals surface area contributed by atoms with Crippen LogP contribution in [0.1, 0.15) is 38.3 Å². The molecule has 18 heavy (non-hydrogen) atoms. The van der Waals surface area contributed by atoms with E-state index in [1.807, 2.05) is 13.8 Å². The fraction of sp³-hybridized carbons (Fsp3) is 0.538. The van der Waals surface area contributed by atoms with Gasteiger partial charge < -0.3 is 4.74 Å². The van der Waals surface area contributed by atoms with Gasteiger partial charge in [-0.3, -0.25) is 11.3 Å². The number of hydrogen-bond donors (Lipinski definition) is 2. The maximum absolute atomic E-state index is 13.1. The zero-order valence-electron chi connectivity index (χ0n) is 11.0. The highest BCUT2D eigenvalue weighted by molar-refractivity contribution is 5.21. The molecule has 0 aromatic heterocycles. The summed E-state index contributed by atoms with van der Waals surface area (Å²) in [4.78, 5) is 0. The molecule has 0 aliphatic heterocycles. The normalized spacial score (nSPS) is 13.7. The van der Waals surface area contributed by atoms with Crippen molar-refractivity contribution < 1.29 is 13.5 Å². The summed E-state index contributed by atoms with van der Waals surface area (Å²) in [6, 6.07) is 3.58. The molecule has 0 bridgehead atoms. The highest BCUT2D eigenvalue weighted by Gasteiger charge is 2.20. The largest absolute Gasteiger partial charge is 0.379 e. The summed E-state index contributed by atoms with van der Waals surface area (Å²) < 4.78 is 31.3. The first-order valence-electron chi connectivity index (χ1n) is 5.86. The van der Waals surface area contributed by atoms with Crippen LogP contribution in [-0.4, -0.2) is 12.7 Å². The predicted octanol–water partition coefficient (Wildman–Crippen LogP) is 2.67. The van der Waals surface area contributed by atoms with Gasteiger partial charge in [-0.2, -0.15) is 0 Å². The second kappa shape index (κ2) is 6.22. The summed E-state index contributed by atoms with van der Waals surface area (Å²) in [6.07, 6.45) is 1.42. The van der Waals surface area contributed by atoms with Crippen LogP contribution in [0.3, 0.4) is 0 Å². The maximum Gasteiger partial charge on any atom is 0.159 e. The smallest absolute Gasteiger partial charge is 0.159 e. The van der Waals surface area contributed by atoms with Gasteiger partial charge >= 0.3 is 0 Å². The third kappa shape index (κ3) is 4.01. The first-order valence-corrected chi connectivity index (χ1v) is 5.86. The number of hydrogen-bond acceptors (Lipinski definition) is 3. The summed E-state index contributed by atoms with van der Waals surface area (Å²) in [6.45, 7) is 3.93. The van der Waals surface area contributed by atoms with Crippen molar-refractivity contribution in [3.05, 3.63) is 35.4 Å². The van der Waals surface area contributed by atoms with Gasteiger partial charge in [0.2, 0.25) is 0 Å². The van der Waals surface area contributed by atoms with E-state index in [9.17, 15) is 8.78 Å². The number of benzene rings is 1. The van der Waals surface area contributed by atoms with Gasteiger partial charge in [0.05, 0.1) is 5.60 Å². The number of rotatable bonds is 6. The summed E-state index contributed by atoms with van der Waals surface area (Å²) in [5.41, 5.74) is 2.97. The predicted molar refractivity (Wildman–Crippen MR) is 66.7 cm³/mol. The Kier molecular flexibility index (Phi) is 5.19. The van der Waals surface area contributed by atoms with Gasteiger partial charge in [0.25, 0.3) is 0 Å². The lowest BCUT2D eigenvalue weighted by Gasteiger charge is -2.25. The molecule has 0 spiro atoms. The van der Waals surface area contributed by atoms with Crippen molar-refractivity contribution in [2.24, 2.45) is 5.84 Å². The second-order valence-corrected chi connectivity index (χ2v) is 4.90. The van der Waals surface area contributed by atoms with E-state index in [0.717, 1.165) is 12.5 Å². The topological polar surface area (TPSA) is 47.3 Å². The Morgan fingerprint density at radius 3 is 2.50 bits per heavy atom. The van der Waals surface area contributed by atoms with Crippen molar-refractivity contribution in [2.75, 3.05) is 7.11 Å². The lowest BCUT2D eigenvalue weighted by Crippen LogP contribution is -2.31. The van der Waals surface area contributed by atoms with Crippen LogP contribution in [0.4, 0.5) is 8.78 Å². The van der Waals surface area contributed by atoms with Crippen molar-refractivity contribution >= 4 is 0 Å². The molecule has 0 saturated heterocycles. The van der Waals surface area contributed by atoms with E-state index in [-0.39, 0.29) is 11.6 Å². The van der Waals surface area contributed by atoms with E-state index in [2.05, 4.69) is 5.43 Å². The summed E-state index contributed by atoms with van der Waals surface area (Å²) in [5.74, 6) is 3.74. The fourth-order valence-electron chi connectivity index (χ4n) is 1.67. The Morgan fingerprint density at radius 2 is 2.00 bits per heavy atom. The average Bonchev–Trinajstić information content (AvgIpc) is 2.34. The van der Waals surface area contributed by atoms with Gasteiger partial charge in [0.1, 0.15) is 0 Å². The minimum Gasteiger partial charge on any atom is -0.379 e. The van der Waals surface area contributed by atoms with Crippen LogP contribution < -0.4 is 11.3 Å². The first kappa shape index (κ1) is 15.0. The molecule has 102 valence electrons. The van der Waals surface area contributed by atoms with Crippen LogP contribution in [-0.2, 0) is 4.74 Å². The Morgan fingerprint density at radius 1 is 1.33 bits per heavy atom. The Balaban J connectivity index is 2.74. The van der Waals surface area contributed by atoms with E-state index in [1.165, 1.54) is 12.1 Å². The molecule has 0 heterocycles. The molecule has 0 aliphatic carbocycles. The summed E-state index contributed by atoms with van der Waals surface area (Å²) in [5, 5.41) is 0. The monoisotopic (exact) mass is 258 g/mol. The van der Waals surface area contributed by atoms with Gasteiger partial charge in [-0.25, -0.2) is 8.78 Å². The maximum atomic E-state index is 13.1. The molecule has 3 N–H and O–H groups in total. The third-order valence-corrected chi connectivity index (χ3v) is 3.13. The lowest BCUT2D eigenvalue weighted by atomic mass is 9.95. The molecule has 0 fully saturated rings. The second-order valence-electron chi connectivity index (χ2n) is 4.90. The molecular formula is C13H20F2N2O. The highest BCUT2D eigenvalue weighted by Crippen LogP contribution is 2.24. The van der Waals surface area contributed by atoms with E-state index in [0.29, 0.717) is 12.0 Å². The van der Waals surface area contributed by atoms with Crippen LogP contribution >= 0.6 is 0 Å². The van der Waals surface area contributed by atoms with Crippen LogP contribution in [0.5, 0.6) is 0 Å². The van der Waals surface area contributed by atoms with Crippen molar-refractivity contribution in [1.29, 1.82) is 0 Å². The minimum absolute atomic E-state index is 0.227. The van der Waals surface area contributed by atoms with Gasteiger partial charge in [0, 0.05) is 13.2 Å². The molecule has 1 atom stereocenters. The van der Waals surface area contributed by atoms with E-state index >= 15 is 0 Å². The molecule has 3 nitrogen and oxygen atoms in total. The van der Waals surface area contributed by atoms with Gasteiger partial charge in [0.15, 0.2) is 11.6 Å². The summed E-state index contributed by atoms with van der Waals surface area (Å²) >= 11 is 0. The van der Waals surface area contributed by atoms with Gasteiger partial charge in [-0.15, -0.1) is 0 Å². The summed E-state index contributed by atoms with van der Waals surface area (Å²) in [7, 11) is 1.64. The fourth-order valence-corrected chi connectivity index (χ4v) is 1.67. The molecule has 0 aliphatic rings. The van der Waals surface area contributed by atoms with Crippen LogP contribution in [0, 0.1) is 11.6 Å². The van der Waals surface area contributed by atoms with Crippen LogP contribution in [0.15, 0.2) is 18.2 Å². The Labute approximate surface area is 106 Å². The van der Waals surface area contributed by atoms with Crippen molar-refractivity contribution in [1.82, 2.24) is 5.43 Å². The van der Waals surface area contributed by atoms with Crippen LogP contribution in [0.2, 0.25) is 0 Å². The number of halogens is 2. The molecule has 0 radical (unpaired) electrons. The number of ether oxygens (including phenoxy) is 1. The molecule has 5 heteroatoms. The molecule has 1 aromatic rings. The Hall–Kier alpha value is -1.04. The number of nitrogens with one attached hydrogen (secondary N) is 1. The quantitative estimate of drug-likeness (QED) is 0.609. The SMILES string of the molecule is COC(C)(C)CCC(NN)c1ccc(F)c(F)c1. The first-order chi connectivity index (χ1) is 8.39. The molecule has 1 unspecified atom stereocenters. The molecule has 1 aromatic carbocycles. The molecular weight excluding hydrogens is 238 g/mol.